The summed E-state index contributed by atoms with van der Waals surface area (Å²) in [5.41, 5.74) is 6.36. The van der Waals surface area contributed by atoms with Crippen LogP contribution in [0.25, 0.3) is 0 Å². The van der Waals surface area contributed by atoms with Crippen LogP contribution < -0.4 is 27.0 Å². The highest BCUT2D eigenvalue weighted by Crippen LogP contribution is 2.18. The van der Waals surface area contributed by atoms with E-state index in [4.69, 9.17) is 5.73 Å². The van der Waals surface area contributed by atoms with E-state index >= 15 is 0 Å². The van der Waals surface area contributed by atoms with Gasteiger partial charge in [-0.25, -0.2) is 9.18 Å². The summed E-state index contributed by atoms with van der Waals surface area (Å²) in [6.45, 7) is 2.45. The van der Waals surface area contributed by atoms with Gasteiger partial charge in [0.1, 0.15) is 23.7 Å². The van der Waals surface area contributed by atoms with Crippen molar-refractivity contribution < 1.29 is 38.6 Å². The van der Waals surface area contributed by atoms with Gasteiger partial charge in [-0.2, -0.15) is 0 Å². The average molecular weight is 560 g/mol. The van der Waals surface area contributed by atoms with Gasteiger partial charge in [0, 0.05) is 5.56 Å². The zero-order chi connectivity index (χ0) is 29.8. The van der Waals surface area contributed by atoms with E-state index in [1.165, 1.54) is 30.3 Å². The molecule has 40 heavy (non-hydrogen) atoms. The lowest BCUT2D eigenvalue weighted by molar-refractivity contribution is -0.142. The van der Waals surface area contributed by atoms with Crippen LogP contribution in [-0.2, 0) is 30.4 Å². The number of carboxylic acid groups (broad SMARTS) is 1. The largest absolute Gasteiger partial charge is 0.508 e. The molecular weight excluding hydrogens is 525 g/mol. The third-order valence-corrected chi connectivity index (χ3v) is 5.70. The third-order valence-electron chi connectivity index (χ3n) is 5.70. The van der Waals surface area contributed by atoms with Crippen molar-refractivity contribution in [2.75, 3.05) is 13.1 Å². The van der Waals surface area contributed by atoms with E-state index in [2.05, 4.69) is 21.3 Å². The van der Waals surface area contributed by atoms with Gasteiger partial charge >= 0.3 is 5.97 Å². The number of nitrogens with two attached hydrogens (primary N) is 1. The van der Waals surface area contributed by atoms with Gasteiger partial charge in [0.25, 0.3) is 0 Å². The number of hydrogen-bond acceptors (Lipinski definition) is 7. The van der Waals surface area contributed by atoms with Crippen molar-refractivity contribution in [1.82, 2.24) is 21.3 Å². The van der Waals surface area contributed by atoms with Crippen molar-refractivity contribution in [2.45, 2.75) is 44.8 Å². The molecule has 0 saturated heterocycles. The summed E-state index contributed by atoms with van der Waals surface area (Å²) in [5, 5.41) is 28.0. The van der Waals surface area contributed by atoms with Gasteiger partial charge in [-0.3, -0.25) is 19.2 Å². The first-order chi connectivity index (χ1) is 18.9. The van der Waals surface area contributed by atoms with Gasteiger partial charge in [-0.15, -0.1) is 0 Å². The van der Waals surface area contributed by atoms with E-state index in [0.29, 0.717) is 5.56 Å². The van der Waals surface area contributed by atoms with Gasteiger partial charge in [0.05, 0.1) is 19.1 Å². The summed E-state index contributed by atoms with van der Waals surface area (Å²) in [5.74, 6) is -5.21. The SMILES string of the molecule is CC(C)C[C@H](NC(=O)[C@H](NC(=O)CNC(=O)CNC(=O)[C@@H](N)Cc1ccc(O)cc1)c1ccccc1F)C(=O)O. The Morgan fingerprint density at radius 1 is 0.875 bits per heavy atom. The number of carbonyl (C=O) groups is 5. The minimum atomic E-state index is -1.57. The number of aliphatic carboxylic acids is 1. The molecule has 2 rings (SSSR count). The summed E-state index contributed by atoms with van der Waals surface area (Å²) >= 11 is 0. The molecule has 0 spiro atoms. The lowest BCUT2D eigenvalue weighted by Crippen LogP contribution is -2.50. The van der Waals surface area contributed by atoms with Crippen molar-refractivity contribution >= 4 is 29.6 Å². The van der Waals surface area contributed by atoms with E-state index in [-0.39, 0.29) is 30.1 Å². The Kier molecular flexibility index (Phi) is 12.0. The monoisotopic (exact) mass is 559 g/mol. The zero-order valence-electron chi connectivity index (χ0n) is 22.1. The van der Waals surface area contributed by atoms with E-state index in [0.717, 1.165) is 6.07 Å². The molecule has 0 bridgehead atoms. The van der Waals surface area contributed by atoms with Gasteiger partial charge in [0.15, 0.2) is 0 Å². The van der Waals surface area contributed by atoms with Crippen LogP contribution in [0, 0.1) is 11.7 Å². The molecule has 0 aromatic heterocycles. The van der Waals surface area contributed by atoms with Crippen molar-refractivity contribution in [1.29, 1.82) is 0 Å². The van der Waals surface area contributed by atoms with Crippen molar-refractivity contribution in [2.24, 2.45) is 11.7 Å². The normalized spacial score (nSPS) is 13.0. The van der Waals surface area contributed by atoms with Crippen LogP contribution in [0.4, 0.5) is 4.39 Å². The molecule has 0 fully saturated rings. The second kappa shape index (κ2) is 15.2. The molecule has 13 heteroatoms. The highest BCUT2D eigenvalue weighted by molar-refractivity contribution is 5.93. The Morgan fingerprint density at radius 3 is 2.10 bits per heavy atom. The molecular formula is C27H34FN5O7. The van der Waals surface area contributed by atoms with Crippen molar-refractivity contribution in [3.05, 3.63) is 65.5 Å². The molecule has 0 aliphatic rings. The van der Waals surface area contributed by atoms with E-state index in [1.807, 2.05) is 0 Å². The first kappa shape index (κ1) is 31.7. The van der Waals surface area contributed by atoms with Crippen LogP contribution in [0.3, 0.4) is 0 Å². The van der Waals surface area contributed by atoms with Gasteiger partial charge in [-0.1, -0.05) is 44.2 Å². The molecule has 0 radical (unpaired) electrons. The molecule has 12 nitrogen and oxygen atoms in total. The fourth-order valence-corrected chi connectivity index (χ4v) is 3.67. The fourth-order valence-electron chi connectivity index (χ4n) is 3.67. The maximum absolute atomic E-state index is 14.5. The third kappa shape index (κ3) is 10.3. The Balaban J connectivity index is 1.94. The Morgan fingerprint density at radius 2 is 1.50 bits per heavy atom. The number of phenols is 1. The lowest BCUT2D eigenvalue weighted by atomic mass is 10.0. The molecule has 2 aromatic carbocycles. The topological polar surface area (TPSA) is 200 Å². The van der Waals surface area contributed by atoms with E-state index < -0.39 is 66.6 Å². The molecule has 0 heterocycles. The van der Waals surface area contributed by atoms with Gasteiger partial charge in [-0.05, 0) is 42.5 Å². The molecule has 4 amide bonds. The number of hydrogen-bond donors (Lipinski definition) is 7. The number of nitrogens with one attached hydrogen (secondary N) is 4. The molecule has 3 atom stereocenters. The number of aromatic hydroxyl groups is 1. The minimum absolute atomic E-state index is 0.0684. The Hall–Kier alpha value is -4.52. The molecule has 8 N–H and O–H groups in total. The number of amides is 4. The first-order valence-corrected chi connectivity index (χ1v) is 12.5. The van der Waals surface area contributed by atoms with E-state index in [1.54, 1.807) is 26.0 Å². The number of phenolic OH excluding ortho intramolecular Hbond substituents is 1. The van der Waals surface area contributed by atoms with Crippen LogP contribution in [-0.4, -0.2) is 65.0 Å². The molecule has 0 unspecified atom stereocenters. The number of rotatable bonds is 14. The summed E-state index contributed by atoms with van der Waals surface area (Å²) in [7, 11) is 0. The molecule has 0 aliphatic heterocycles. The summed E-state index contributed by atoms with van der Waals surface area (Å²) in [6.07, 6.45) is 0.273. The second-order valence-electron chi connectivity index (χ2n) is 9.52. The standard InChI is InChI=1S/C27H34FN5O7/c1-15(2)11-21(27(39)40)32-26(38)24(18-5-3-4-6-19(18)28)33-23(36)14-30-22(35)13-31-25(37)20(29)12-16-7-9-17(34)10-8-16/h3-10,15,20-21,24,34H,11-14,29H2,1-2H3,(H,30,35)(H,31,37)(H,32,38)(H,33,36)(H,39,40)/t20-,21-,24+/m0/s1. The lowest BCUT2D eigenvalue weighted by Gasteiger charge is -2.23. The van der Waals surface area contributed by atoms with Crippen molar-refractivity contribution in [3.8, 4) is 5.75 Å². The summed E-state index contributed by atoms with van der Waals surface area (Å²) in [6, 6.07) is 7.51. The maximum atomic E-state index is 14.5. The highest BCUT2D eigenvalue weighted by Gasteiger charge is 2.30. The number of benzene rings is 2. The fraction of sp³-hybridized carbons (Fsp3) is 0.370. The molecule has 2 aromatic rings. The van der Waals surface area contributed by atoms with E-state index in [9.17, 15) is 38.6 Å². The first-order valence-electron chi connectivity index (χ1n) is 12.5. The quantitative estimate of drug-likeness (QED) is 0.169. The van der Waals surface area contributed by atoms with Crippen molar-refractivity contribution in [3.63, 3.8) is 0 Å². The number of halogens is 1. The summed E-state index contributed by atoms with van der Waals surface area (Å²) < 4.78 is 14.5. The maximum Gasteiger partial charge on any atom is 0.326 e. The average Bonchev–Trinajstić information content (AvgIpc) is 2.90. The zero-order valence-corrected chi connectivity index (χ0v) is 22.1. The number of carbonyl (C=O) groups excluding carboxylic acids is 4. The second-order valence-corrected chi connectivity index (χ2v) is 9.52. The Labute approximate surface area is 230 Å². The van der Waals surface area contributed by atoms with Gasteiger partial charge < -0.3 is 37.2 Å². The molecule has 0 saturated carbocycles. The smallest absolute Gasteiger partial charge is 0.326 e. The highest BCUT2D eigenvalue weighted by atomic mass is 19.1. The molecule has 0 aliphatic carbocycles. The Bertz CT molecular complexity index is 1210. The predicted molar refractivity (Wildman–Crippen MR) is 142 cm³/mol. The van der Waals surface area contributed by atoms with Crippen LogP contribution in [0.15, 0.2) is 48.5 Å². The minimum Gasteiger partial charge on any atom is -0.508 e. The predicted octanol–water partition coefficient (Wildman–Crippen LogP) is 0.107. The van der Waals surface area contributed by atoms with Crippen LogP contribution in [0.1, 0.15) is 37.4 Å². The summed E-state index contributed by atoms with van der Waals surface area (Å²) in [4.78, 5) is 61.4. The van der Waals surface area contributed by atoms with Crippen LogP contribution in [0.2, 0.25) is 0 Å². The molecule has 216 valence electrons. The van der Waals surface area contributed by atoms with Crippen LogP contribution >= 0.6 is 0 Å². The van der Waals surface area contributed by atoms with Crippen LogP contribution in [0.5, 0.6) is 5.75 Å². The van der Waals surface area contributed by atoms with Gasteiger partial charge in [0.2, 0.25) is 23.6 Å². The number of carboxylic acids is 1.